The smallest absolute Gasteiger partial charge is 0.338 e. The summed E-state index contributed by atoms with van der Waals surface area (Å²) in [6.07, 6.45) is 0. The van der Waals surface area contributed by atoms with Crippen LogP contribution in [0.5, 0.6) is 0 Å². The second-order valence-electron chi connectivity index (χ2n) is 4.90. The molecule has 1 heterocycles. The summed E-state index contributed by atoms with van der Waals surface area (Å²) in [6.45, 7) is 1.50. The van der Waals surface area contributed by atoms with Crippen molar-refractivity contribution >= 4 is 16.7 Å². The van der Waals surface area contributed by atoms with Gasteiger partial charge in [-0.3, -0.25) is 9.36 Å². The number of carboxylic acids is 1. The summed E-state index contributed by atoms with van der Waals surface area (Å²) in [6, 6.07) is 12.2. The van der Waals surface area contributed by atoms with Gasteiger partial charge in [-0.2, -0.15) is 0 Å². The minimum absolute atomic E-state index is 0.00143. The molecule has 1 N–H and O–H groups in total. The molecule has 0 aliphatic rings. The van der Waals surface area contributed by atoms with Gasteiger partial charge in [0.05, 0.1) is 11.3 Å². The third kappa shape index (κ3) is 1.98. The van der Waals surface area contributed by atoms with Crippen LogP contribution in [-0.2, 0) is 0 Å². The zero-order valence-corrected chi connectivity index (χ0v) is 11.7. The molecular weight excluding hydrogens is 285 g/mol. The fraction of sp³-hybridized carbons (Fsp3) is 0.0588. The number of rotatable bonds is 2. The monoisotopic (exact) mass is 297 g/mol. The summed E-state index contributed by atoms with van der Waals surface area (Å²) in [5.41, 5.74) is -0.207. The number of para-hydroxylation sites is 1. The van der Waals surface area contributed by atoms with E-state index in [1.807, 2.05) is 0 Å². The molecule has 2 aromatic carbocycles. The largest absolute Gasteiger partial charge is 0.478 e. The Labute approximate surface area is 125 Å². The highest BCUT2D eigenvalue weighted by atomic mass is 19.1. The molecule has 0 radical (unpaired) electrons. The number of pyridine rings is 1. The minimum atomic E-state index is -1.15. The van der Waals surface area contributed by atoms with Crippen molar-refractivity contribution in [1.29, 1.82) is 0 Å². The number of nitrogens with zero attached hydrogens (tertiary/aromatic N) is 1. The lowest BCUT2D eigenvalue weighted by Gasteiger charge is -2.15. The van der Waals surface area contributed by atoms with Gasteiger partial charge in [-0.15, -0.1) is 0 Å². The molecule has 110 valence electrons. The highest BCUT2D eigenvalue weighted by molar-refractivity contribution is 6.04. The first kappa shape index (κ1) is 14.0. The van der Waals surface area contributed by atoms with Crippen LogP contribution < -0.4 is 5.56 Å². The molecule has 0 saturated carbocycles. The van der Waals surface area contributed by atoms with Crippen LogP contribution in [0.15, 0.2) is 53.3 Å². The highest BCUT2D eigenvalue weighted by Gasteiger charge is 2.20. The second kappa shape index (κ2) is 5.11. The lowest BCUT2D eigenvalue weighted by atomic mass is 10.0. The lowest BCUT2D eigenvalue weighted by molar-refractivity contribution is 0.0697. The number of carboxylic acid groups (broad SMARTS) is 1. The van der Waals surface area contributed by atoms with E-state index in [0.717, 1.165) is 4.57 Å². The third-order valence-corrected chi connectivity index (χ3v) is 3.63. The van der Waals surface area contributed by atoms with Gasteiger partial charge < -0.3 is 5.11 Å². The maximum atomic E-state index is 14.1. The third-order valence-electron chi connectivity index (χ3n) is 3.63. The Hall–Kier alpha value is -2.95. The number of benzene rings is 2. The van der Waals surface area contributed by atoms with Crippen molar-refractivity contribution < 1.29 is 14.3 Å². The first-order valence-corrected chi connectivity index (χ1v) is 6.65. The van der Waals surface area contributed by atoms with E-state index in [9.17, 15) is 19.1 Å². The van der Waals surface area contributed by atoms with Crippen molar-refractivity contribution in [3.05, 3.63) is 76.0 Å². The van der Waals surface area contributed by atoms with Gasteiger partial charge in [-0.25, -0.2) is 9.18 Å². The summed E-state index contributed by atoms with van der Waals surface area (Å²) < 4.78 is 15.2. The maximum Gasteiger partial charge on any atom is 0.338 e. The molecule has 0 spiro atoms. The highest BCUT2D eigenvalue weighted by Crippen LogP contribution is 2.22. The van der Waals surface area contributed by atoms with Crippen molar-refractivity contribution in [2.75, 3.05) is 0 Å². The Morgan fingerprint density at radius 3 is 2.27 bits per heavy atom. The Kier molecular flexibility index (Phi) is 3.25. The molecule has 3 rings (SSSR count). The molecule has 5 heteroatoms. The van der Waals surface area contributed by atoms with Crippen molar-refractivity contribution in [3.8, 4) is 5.69 Å². The van der Waals surface area contributed by atoms with E-state index < -0.39 is 17.3 Å². The lowest BCUT2D eigenvalue weighted by Crippen LogP contribution is -2.25. The van der Waals surface area contributed by atoms with Crippen LogP contribution in [0, 0.1) is 12.7 Å². The molecule has 0 atom stereocenters. The van der Waals surface area contributed by atoms with Gasteiger partial charge in [0.1, 0.15) is 5.82 Å². The van der Waals surface area contributed by atoms with Crippen LogP contribution in [0.4, 0.5) is 4.39 Å². The summed E-state index contributed by atoms with van der Waals surface area (Å²) in [5, 5.41) is 10.1. The first-order chi connectivity index (χ1) is 10.5. The molecule has 0 saturated heterocycles. The number of aromatic carboxylic acids is 1. The van der Waals surface area contributed by atoms with Crippen molar-refractivity contribution in [1.82, 2.24) is 4.57 Å². The average molecular weight is 297 g/mol. The topological polar surface area (TPSA) is 59.3 Å². The Bertz CT molecular complexity index is 960. The van der Waals surface area contributed by atoms with Crippen LogP contribution in [-0.4, -0.2) is 15.6 Å². The van der Waals surface area contributed by atoms with Gasteiger partial charge in [0.15, 0.2) is 0 Å². The number of hydrogen-bond acceptors (Lipinski definition) is 2. The van der Waals surface area contributed by atoms with Gasteiger partial charge in [0, 0.05) is 16.5 Å². The van der Waals surface area contributed by atoms with Gasteiger partial charge >= 0.3 is 5.97 Å². The van der Waals surface area contributed by atoms with E-state index in [1.165, 1.54) is 25.1 Å². The molecule has 0 aliphatic heterocycles. The summed E-state index contributed by atoms with van der Waals surface area (Å²) >= 11 is 0. The quantitative estimate of drug-likeness (QED) is 0.790. The van der Waals surface area contributed by atoms with Crippen LogP contribution in [0.2, 0.25) is 0 Å². The van der Waals surface area contributed by atoms with E-state index >= 15 is 0 Å². The fourth-order valence-corrected chi connectivity index (χ4v) is 2.66. The summed E-state index contributed by atoms with van der Waals surface area (Å²) in [5.74, 6) is -1.74. The number of carbonyl (C=O) groups is 1. The first-order valence-electron chi connectivity index (χ1n) is 6.65. The Morgan fingerprint density at radius 1 is 1.05 bits per heavy atom. The average Bonchev–Trinajstić information content (AvgIpc) is 2.49. The van der Waals surface area contributed by atoms with Crippen LogP contribution in [0.25, 0.3) is 16.5 Å². The van der Waals surface area contributed by atoms with E-state index in [0.29, 0.717) is 5.39 Å². The Morgan fingerprint density at radius 2 is 1.64 bits per heavy atom. The normalized spacial score (nSPS) is 10.8. The van der Waals surface area contributed by atoms with E-state index in [2.05, 4.69) is 0 Å². The molecule has 0 aliphatic carbocycles. The Balaban J connectivity index is 2.55. The number of hydrogen-bond donors (Lipinski definition) is 1. The molecule has 4 nitrogen and oxygen atoms in total. The molecule has 22 heavy (non-hydrogen) atoms. The minimum Gasteiger partial charge on any atom is -0.478 e. The molecule has 3 aromatic rings. The molecule has 0 fully saturated rings. The molecular formula is C17H12FNO3. The molecule has 0 amide bonds. The maximum absolute atomic E-state index is 14.1. The van der Waals surface area contributed by atoms with E-state index in [1.54, 1.807) is 30.3 Å². The van der Waals surface area contributed by atoms with E-state index in [4.69, 9.17) is 0 Å². The molecule has 1 aromatic heterocycles. The second-order valence-corrected chi connectivity index (χ2v) is 4.90. The van der Waals surface area contributed by atoms with E-state index in [-0.39, 0.29) is 22.3 Å². The van der Waals surface area contributed by atoms with Gasteiger partial charge in [0.25, 0.3) is 5.56 Å². The predicted octanol–water partition coefficient (Wildman–Crippen LogP) is 3.14. The summed E-state index contributed by atoms with van der Waals surface area (Å²) in [7, 11) is 0. The van der Waals surface area contributed by atoms with Crippen LogP contribution in [0.1, 0.15) is 16.1 Å². The van der Waals surface area contributed by atoms with Crippen LogP contribution in [0.3, 0.4) is 0 Å². The zero-order valence-electron chi connectivity index (χ0n) is 11.7. The van der Waals surface area contributed by atoms with Gasteiger partial charge in [-0.1, -0.05) is 30.3 Å². The standard InChI is InChI=1S/C17H12FNO3/c1-10-15(17(21)22)11-6-2-3-7-12(11)16(20)19(10)14-9-5-4-8-13(14)18/h2-9H,1H3,(H,21,22). The van der Waals surface area contributed by atoms with Crippen LogP contribution >= 0.6 is 0 Å². The van der Waals surface area contributed by atoms with Gasteiger partial charge in [-0.05, 0) is 25.1 Å². The fourth-order valence-electron chi connectivity index (χ4n) is 2.66. The zero-order chi connectivity index (χ0) is 15.9. The molecule has 0 bridgehead atoms. The number of fused-ring (bicyclic) bond motifs is 1. The SMILES string of the molecule is Cc1c(C(=O)O)c2ccccc2c(=O)n1-c1ccccc1F. The summed E-state index contributed by atoms with van der Waals surface area (Å²) in [4.78, 5) is 24.3. The van der Waals surface area contributed by atoms with Crippen molar-refractivity contribution in [2.45, 2.75) is 6.92 Å². The molecule has 0 unspecified atom stereocenters. The number of aromatic nitrogens is 1. The van der Waals surface area contributed by atoms with Crippen molar-refractivity contribution in [2.24, 2.45) is 0 Å². The van der Waals surface area contributed by atoms with Crippen molar-refractivity contribution in [3.63, 3.8) is 0 Å². The number of halogens is 1. The van der Waals surface area contributed by atoms with Gasteiger partial charge in [0.2, 0.25) is 0 Å². The predicted molar refractivity (Wildman–Crippen MR) is 81.2 cm³/mol.